The molecule has 0 radical (unpaired) electrons. The summed E-state index contributed by atoms with van der Waals surface area (Å²) in [6.45, 7) is 6.11. The molecule has 1 fully saturated rings. The standard InChI is InChI=1S/C20H19N5S/c1-12-13(2)23-24-20-16(12)17-18(26-20)19(22-11-21-17)25-9-8-15(10-25)14-6-4-3-5-7-14/h3-7,11,15H,8-10H2,1-2H3. The molecule has 3 aromatic heterocycles. The molecule has 0 aliphatic carbocycles. The number of nitrogens with zero attached hydrogens (tertiary/aromatic N) is 5. The molecule has 26 heavy (non-hydrogen) atoms. The first-order valence-corrected chi connectivity index (χ1v) is 9.71. The van der Waals surface area contributed by atoms with Gasteiger partial charge in [-0.15, -0.1) is 16.4 Å². The van der Waals surface area contributed by atoms with Crippen LogP contribution in [0.25, 0.3) is 20.4 Å². The number of hydrogen-bond acceptors (Lipinski definition) is 6. The maximum atomic E-state index is 4.64. The minimum atomic E-state index is 0.555. The molecule has 1 aliphatic heterocycles. The summed E-state index contributed by atoms with van der Waals surface area (Å²) in [5.74, 6) is 1.59. The lowest BCUT2D eigenvalue weighted by molar-refractivity contribution is 0.774. The van der Waals surface area contributed by atoms with Crippen LogP contribution in [0.5, 0.6) is 0 Å². The van der Waals surface area contributed by atoms with Gasteiger partial charge in [0.25, 0.3) is 0 Å². The monoisotopic (exact) mass is 361 g/mol. The van der Waals surface area contributed by atoms with E-state index >= 15 is 0 Å². The van der Waals surface area contributed by atoms with Crippen LogP contribution in [-0.2, 0) is 0 Å². The fraction of sp³-hybridized carbons (Fsp3) is 0.300. The van der Waals surface area contributed by atoms with Gasteiger partial charge >= 0.3 is 0 Å². The van der Waals surface area contributed by atoms with E-state index in [1.807, 2.05) is 6.92 Å². The lowest BCUT2D eigenvalue weighted by Crippen LogP contribution is -2.20. The summed E-state index contributed by atoms with van der Waals surface area (Å²) in [4.78, 5) is 12.6. The molecule has 1 saturated heterocycles. The molecule has 130 valence electrons. The van der Waals surface area contributed by atoms with Gasteiger partial charge < -0.3 is 4.90 Å². The smallest absolute Gasteiger partial charge is 0.150 e. The molecule has 0 spiro atoms. The van der Waals surface area contributed by atoms with E-state index in [9.17, 15) is 0 Å². The highest BCUT2D eigenvalue weighted by molar-refractivity contribution is 7.26. The van der Waals surface area contributed by atoms with Crippen LogP contribution in [0.2, 0.25) is 0 Å². The van der Waals surface area contributed by atoms with Crippen LogP contribution in [0.15, 0.2) is 36.7 Å². The van der Waals surface area contributed by atoms with E-state index in [0.29, 0.717) is 5.92 Å². The summed E-state index contributed by atoms with van der Waals surface area (Å²) >= 11 is 1.65. The van der Waals surface area contributed by atoms with Crippen LogP contribution in [0.3, 0.4) is 0 Å². The van der Waals surface area contributed by atoms with Gasteiger partial charge in [0.1, 0.15) is 17.0 Å². The molecule has 1 aromatic carbocycles. The predicted molar refractivity (Wildman–Crippen MR) is 106 cm³/mol. The van der Waals surface area contributed by atoms with Gasteiger partial charge in [-0.25, -0.2) is 9.97 Å². The van der Waals surface area contributed by atoms with Crippen molar-refractivity contribution in [1.29, 1.82) is 0 Å². The Kier molecular flexibility index (Phi) is 3.60. The summed E-state index contributed by atoms with van der Waals surface area (Å²) in [6.07, 6.45) is 2.84. The van der Waals surface area contributed by atoms with Crippen molar-refractivity contribution in [3.63, 3.8) is 0 Å². The lowest BCUT2D eigenvalue weighted by atomic mass is 9.99. The molecule has 0 saturated carbocycles. The Morgan fingerprint density at radius 2 is 1.92 bits per heavy atom. The maximum Gasteiger partial charge on any atom is 0.150 e. The third kappa shape index (κ3) is 2.36. The molecule has 4 heterocycles. The summed E-state index contributed by atoms with van der Waals surface area (Å²) in [7, 11) is 0. The van der Waals surface area contributed by atoms with Crippen molar-refractivity contribution in [2.75, 3.05) is 18.0 Å². The van der Waals surface area contributed by atoms with Gasteiger partial charge in [0.15, 0.2) is 0 Å². The van der Waals surface area contributed by atoms with Gasteiger partial charge in [0.05, 0.1) is 15.9 Å². The van der Waals surface area contributed by atoms with E-state index in [-0.39, 0.29) is 0 Å². The number of rotatable bonds is 2. The highest BCUT2D eigenvalue weighted by atomic mass is 32.1. The first-order valence-electron chi connectivity index (χ1n) is 8.89. The summed E-state index contributed by atoms with van der Waals surface area (Å²) in [6, 6.07) is 10.8. The van der Waals surface area contributed by atoms with Crippen LogP contribution in [0.1, 0.15) is 29.2 Å². The average molecular weight is 361 g/mol. The number of benzene rings is 1. The van der Waals surface area contributed by atoms with Gasteiger partial charge in [-0.1, -0.05) is 30.3 Å². The van der Waals surface area contributed by atoms with E-state index in [2.05, 4.69) is 62.3 Å². The van der Waals surface area contributed by atoms with Crippen molar-refractivity contribution in [3.8, 4) is 0 Å². The minimum Gasteiger partial charge on any atom is -0.355 e. The molecular weight excluding hydrogens is 342 g/mol. The Labute approximate surface area is 155 Å². The molecule has 0 N–H and O–H groups in total. The lowest BCUT2D eigenvalue weighted by Gasteiger charge is -2.18. The predicted octanol–water partition coefficient (Wildman–Crippen LogP) is 4.25. The first kappa shape index (κ1) is 15.6. The van der Waals surface area contributed by atoms with Crippen LogP contribution in [0, 0.1) is 13.8 Å². The van der Waals surface area contributed by atoms with Gasteiger partial charge in [0, 0.05) is 24.4 Å². The Bertz CT molecular complexity index is 1110. The molecule has 1 atom stereocenters. The van der Waals surface area contributed by atoms with Crippen molar-refractivity contribution in [2.45, 2.75) is 26.2 Å². The highest BCUT2D eigenvalue weighted by Crippen LogP contribution is 2.40. The van der Waals surface area contributed by atoms with Gasteiger partial charge in [-0.3, -0.25) is 0 Å². The van der Waals surface area contributed by atoms with E-state index in [0.717, 1.165) is 57.0 Å². The molecule has 1 unspecified atom stereocenters. The fourth-order valence-electron chi connectivity index (χ4n) is 3.85. The van der Waals surface area contributed by atoms with E-state index < -0.39 is 0 Å². The minimum absolute atomic E-state index is 0.555. The Balaban J connectivity index is 1.59. The average Bonchev–Trinajstić information content (AvgIpc) is 3.30. The number of hydrogen-bond donors (Lipinski definition) is 0. The van der Waals surface area contributed by atoms with Crippen molar-refractivity contribution < 1.29 is 0 Å². The van der Waals surface area contributed by atoms with Crippen molar-refractivity contribution in [3.05, 3.63) is 53.5 Å². The highest BCUT2D eigenvalue weighted by Gasteiger charge is 2.27. The number of thiophene rings is 1. The zero-order valence-corrected chi connectivity index (χ0v) is 15.6. The van der Waals surface area contributed by atoms with Crippen molar-refractivity contribution in [2.24, 2.45) is 0 Å². The molecule has 4 aromatic rings. The van der Waals surface area contributed by atoms with Crippen molar-refractivity contribution >= 4 is 37.6 Å². The van der Waals surface area contributed by atoms with Crippen molar-refractivity contribution in [1.82, 2.24) is 20.2 Å². The topological polar surface area (TPSA) is 54.8 Å². The summed E-state index contributed by atoms with van der Waals surface area (Å²) in [5.41, 5.74) is 4.54. The largest absolute Gasteiger partial charge is 0.355 e. The van der Waals surface area contributed by atoms with Crippen LogP contribution in [0.4, 0.5) is 5.82 Å². The maximum absolute atomic E-state index is 4.64. The molecule has 1 aliphatic rings. The third-order valence-corrected chi connectivity index (χ3v) is 6.46. The van der Waals surface area contributed by atoms with Crippen LogP contribution < -0.4 is 4.90 Å². The molecule has 5 nitrogen and oxygen atoms in total. The number of anilines is 1. The first-order chi connectivity index (χ1) is 12.7. The molecule has 0 bridgehead atoms. The van der Waals surface area contributed by atoms with E-state index in [1.54, 1.807) is 17.7 Å². The normalized spacial score (nSPS) is 17.5. The van der Waals surface area contributed by atoms with Gasteiger partial charge in [0.2, 0.25) is 0 Å². The van der Waals surface area contributed by atoms with E-state index in [4.69, 9.17) is 0 Å². The molecular formula is C20H19N5S. The number of aromatic nitrogens is 4. The van der Waals surface area contributed by atoms with Gasteiger partial charge in [-0.05, 0) is 31.4 Å². The van der Waals surface area contributed by atoms with Crippen LogP contribution in [-0.4, -0.2) is 33.3 Å². The Morgan fingerprint density at radius 1 is 1.08 bits per heavy atom. The SMILES string of the molecule is Cc1nnc2sc3c(N4CCC(c5ccccc5)C4)ncnc3c2c1C. The Morgan fingerprint density at radius 3 is 2.77 bits per heavy atom. The Hall–Kier alpha value is -2.60. The van der Waals surface area contributed by atoms with E-state index in [1.165, 1.54) is 5.56 Å². The van der Waals surface area contributed by atoms with Crippen LogP contribution >= 0.6 is 11.3 Å². The second kappa shape index (κ2) is 5.99. The summed E-state index contributed by atoms with van der Waals surface area (Å²) < 4.78 is 1.12. The molecule has 5 rings (SSSR count). The number of aryl methyl sites for hydroxylation is 2. The second-order valence-corrected chi connectivity index (χ2v) is 7.91. The number of fused-ring (bicyclic) bond motifs is 3. The quantitative estimate of drug-likeness (QED) is 0.534. The zero-order chi connectivity index (χ0) is 17.7. The summed E-state index contributed by atoms with van der Waals surface area (Å²) in [5, 5.41) is 9.80. The van der Waals surface area contributed by atoms with Gasteiger partial charge in [-0.2, -0.15) is 5.10 Å². The second-order valence-electron chi connectivity index (χ2n) is 6.91. The molecule has 0 amide bonds. The zero-order valence-electron chi connectivity index (χ0n) is 14.8. The third-order valence-electron chi connectivity index (χ3n) is 5.40. The fourth-order valence-corrected chi connectivity index (χ4v) is 5.00. The molecule has 6 heteroatoms.